The van der Waals surface area contributed by atoms with Crippen LogP contribution in [-0.2, 0) is 6.18 Å². The van der Waals surface area contributed by atoms with Crippen LogP contribution in [0.3, 0.4) is 0 Å². The molecule has 7 heteroatoms. The van der Waals surface area contributed by atoms with Crippen molar-refractivity contribution < 1.29 is 17.9 Å². The van der Waals surface area contributed by atoms with Crippen molar-refractivity contribution in [3.63, 3.8) is 0 Å². The van der Waals surface area contributed by atoms with Gasteiger partial charge in [0, 0.05) is 37.8 Å². The molecule has 1 saturated heterocycles. The summed E-state index contributed by atoms with van der Waals surface area (Å²) in [5.74, 6) is 0.278. The van der Waals surface area contributed by atoms with Gasteiger partial charge in [-0.05, 0) is 18.6 Å². The zero-order chi connectivity index (χ0) is 16.2. The van der Waals surface area contributed by atoms with Crippen molar-refractivity contribution in [2.24, 2.45) is 0 Å². The van der Waals surface area contributed by atoms with Gasteiger partial charge in [-0.25, -0.2) is 0 Å². The summed E-state index contributed by atoms with van der Waals surface area (Å²) < 4.78 is 43.8. The summed E-state index contributed by atoms with van der Waals surface area (Å²) in [5, 5.41) is 3.27. The van der Waals surface area contributed by atoms with Gasteiger partial charge in [0.25, 0.3) is 0 Å². The third-order valence-electron chi connectivity index (χ3n) is 3.90. The molecule has 23 heavy (non-hydrogen) atoms. The number of rotatable bonds is 5. The fourth-order valence-corrected chi connectivity index (χ4v) is 2.79. The van der Waals surface area contributed by atoms with Gasteiger partial charge in [-0.2, -0.15) is 13.2 Å². The Morgan fingerprint density at radius 2 is 2.00 bits per heavy atom. The van der Waals surface area contributed by atoms with Crippen LogP contribution in [0, 0.1) is 0 Å². The van der Waals surface area contributed by atoms with E-state index in [-0.39, 0.29) is 24.2 Å². The topological polar surface area (TPSA) is 24.5 Å². The molecule has 1 aliphatic rings. The number of ether oxygens (including phenoxy) is 1. The van der Waals surface area contributed by atoms with E-state index in [1.54, 1.807) is 6.08 Å². The Morgan fingerprint density at radius 3 is 2.52 bits per heavy atom. The molecule has 0 radical (unpaired) electrons. The monoisotopic (exact) mass is 350 g/mol. The molecule has 1 atom stereocenters. The van der Waals surface area contributed by atoms with Crippen molar-refractivity contribution in [3.05, 3.63) is 42.0 Å². The van der Waals surface area contributed by atoms with Gasteiger partial charge in [-0.3, -0.25) is 4.90 Å². The number of hydrogen-bond acceptors (Lipinski definition) is 3. The number of nitrogens with one attached hydrogen (secondary N) is 1. The second-order valence-corrected chi connectivity index (χ2v) is 5.28. The predicted molar refractivity (Wildman–Crippen MR) is 87.2 cm³/mol. The highest BCUT2D eigenvalue weighted by Crippen LogP contribution is 2.37. The maximum absolute atomic E-state index is 12.8. The van der Waals surface area contributed by atoms with Crippen LogP contribution in [0.5, 0.6) is 5.75 Å². The van der Waals surface area contributed by atoms with Crippen LogP contribution in [0.25, 0.3) is 0 Å². The Morgan fingerprint density at radius 1 is 1.35 bits per heavy atom. The van der Waals surface area contributed by atoms with Crippen LogP contribution >= 0.6 is 12.4 Å². The highest BCUT2D eigenvalue weighted by Gasteiger charge is 2.32. The minimum Gasteiger partial charge on any atom is -0.496 e. The minimum atomic E-state index is -4.37. The summed E-state index contributed by atoms with van der Waals surface area (Å²) in [6.45, 7) is 7.21. The number of hydrogen-bond donors (Lipinski definition) is 1. The number of nitrogens with zero attached hydrogens (tertiary/aromatic N) is 1. The first-order valence-corrected chi connectivity index (χ1v) is 7.28. The number of methoxy groups -OCH3 is 1. The Hall–Kier alpha value is -1.24. The highest BCUT2D eigenvalue weighted by atomic mass is 35.5. The Kier molecular flexibility index (Phi) is 7.38. The van der Waals surface area contributed by atoms with E-state index >= 15 is 0 Å². The standard InChI is InChI=1S/C16H21F3N2O.ClH/c1-3-4-14(21-9-7-20-8-10-21)13-6-5-12(16(17,18)19)11-15(13)22-2;/h3,5-6,11,14,20H,1,4,7-10H2,2H3;1H/t14-;/m0./s1. The predicted octanol–water partition coefficient (Wildman–Crippen LogP) is 3.66. The van der Waals surface area contributed by atoms with Crippen molar-refractivity contribution in [3.8, 4) is 5.75 Å². The first-order valence-electron chi connectivity index (χ1n) is 7.28. The van der Waals surface area contributed by atoms with Crippen LogP contribution in [0.4, 0.5) is 13.2 Å². The van der Waals surface area contributed by atoms with Crippen LogP contribution < -0.4 is 10.1 Å². The van der Waals surface area contributed by atoms with Crippen molar-refractivity contribution in [2.45, 2.75) is 18.6 Å². The van der Waals surface area contributed by atoms with E-state index < -0.39 is 11.7 Å². The summed E-state index contributed by atoms with van der Waals surface area (Å²) in [7, 11) is 1.40. The molecule has 0 amide bonds. The lowest BCUT2D eigenvalue weighted by Gasteiger charge is -2.35. The molecule has 0 aromatic heterocycles. The Labute approximate surface area is 140 Å². The van der Waals surface area contributed by atoms with E-state index in [9.17, 15) is 13.2 Å². The molecule has 2 rings (SSSR count). The minimum absolute atomic E-state index is 0. The van der Waals surface area contributed by atoms with Crippen LogP contribution in [0.2, 0.25) is 0 Å². The largest absolute Gasteiger partial charge is 0.496 e. The lowest BCUT2D eigenvalue weighted by Crippen LogP contribution is -2.45. The average Bonchev–Trinajstić information content (AvgIpc) is 2.52. The average molecular weight is 351 g/mol. The normalized spacial score (nSPS) is 17.2. The number of alkyl halides is 3. The second-order valence-electron chi connectivity index (χ2n) is 5.28. The molecular formula is C16H22ClF3N2O. The van der Waals surface area contributed by atoms with E-state index in [1.807, 2.05) is 0 Å². The SMILES string of the molecule is C=CC[C@@H](c1ccc(C(F)(F)F)cc1OC)N1CCNCC1.Cl. The summed E-state index contributed by atoms with van der Waals surface area (Å²) in [6, 6.07) is 3.71. The molecule has 1 aromatic carbocycles. The zero-order valence-corrected chi connectivity index (χ0v) is 13.8. The van der Waals surface area contributed by atoms with Crippen molar-refractivity contribution in [1.82, 2.24) is 10.2 Å². The van der Waals surface area contributed by atoms with E-state index in [1.165, 1.54) is 13.2 Å². The molecule has 0 spiro atoms. The molecule has 1 heterocycles. The smallest absolute Gasteiger partial charge is 0.416 e. The van der Waals surface area contributed by atoms with Gasteiger partial charge < -0.3 is 10.1 Å². The van der Waals surface area contributed by atoms with Gasteiger partial charge in [0.15, 0.2) is 0 Å². The first-order chi connectivity index (χ1) is 10.5. The van der Waals surface area contributed by atoms with Gasteiger partial charge in [0.05, 0.1) is 12.7 Å². The molecule has 0 aliphatic carbocycles. The van der Waals surface area contributed by atoms with Crippen molar-refractivity contribution in [2.75, 3.05) is 33.3 Å². The quantitative estimate of drug-likeness (QED) is 0.820. The van der Waals surface area contributed by atoms with Gasteiger partial charge in [0.2, 0.25) is 0 Å². The third kappa shape index (κ3) is 4.86. The van der Waals surface area contributed by atoms with Crippen LogP contribution in [0.1, 0.15) is 23.6 Å². The van der Waals surface area contributed by atoms with Crippen molar-refractivity contribution >= 4 is 12.4 Å². The third-order valence-corrected chi connectivity index (χ3v) is 3.90. The number of piperazine rings is 1. The molecule has 1 fully saturated rings. The van der Waals surface area contributed by atoms with Gasteiger partial charge in [-0.15, -0.1) is 19.0 Å². The van der Waals surface area contributed by atoms with Crippen LogP contribution in [-0.4, -0.2) is 38.2 Å². The van der Waals surface area contributed by atoms with E-state index in [4.69, 9.17) is 4.74 Å². The fourth-order valence-electron chi connectivity index (χ4n) is 2.79. The lowest BCUT2D eigenvalue weighted by atomic mass is 9.98. The van der Waals surface area contributed by atoms with E-state index in [0.717, 1.165) is 43.9 Å². The summed E-state index contributed by atoms with van der Waals surface area (Å²) in [5.41, 5.74) is 0.0862. The fraction of sp³-hybridized carbons (Fsp3) is 0.500. The summed E-state index contributed by atoms with van der Waals surface area (Å²) in [6.07, 6.45) is -1.90. The van der Waals surface area contributed by atoms with Gasteiger partial charge in [-0.1, -0.05) is 12.1 Å². The maximum Gasteiger partial charge on any atom is 0.416 e. The second kappa shape index (κ2) is 8.57. The van der Waals surface area contributed by atoms with Crippen molar-refractivity contribution in [1.29, 1.82) is 0 Å². The molecule has 130 valence electrons. The number of benzene rings is 1. The van der Waals surface area contributed by atoms with Crippen LogP contribution in [0.15, 0.2) is 30.9 Å². The number of halogens is 4. The summed E-state index contributed by atoms with van der Waals surface area (Å²) >= 11 is 0. The molecule has 3 nitrogen and oxygen atoms in total. The van der Waals surface area contributed by atoms with E-state index in [0.29, 0.717) is 6.42 Å². The van der Waals surface area contributed by atoms with E-state index in [2.05, 4.69) is 16.8 Å². The molecule has 0 saturated carbocycles. The lowest BCUT2D eigenvalue weighted by molar-refractivity contribution is -0.137. The highest BCUT2D eigenvalue weighted by molar-refractivity contribution is 5.85. The van der Waals surface area contributed by atoms with Gasteiger partial charge >= 0.3 is 6.18 Å². The molecule has 0 bridgehead atoms. The first kappa shape index (κ1) is 19.8. The Bertz CT molecular complexity index is 517. The molecule has 1 N–H and O–H groups in total. The molecule has 0 unspecified atom stereocenters. The molecule has 1 aromatic rings. The van der Waals surface area contributed by atoms with Gasteiger partial charge in [0.1, 0.15) is 5.75 Å². The summed E-state index contributed by atoms with van der Waals surface area (Å²) in [4.78, 5) is 2.25. The maximum atomic E-state index is 12.8. The zero-order valence-electron chi connectivity index (χ0n) is 13.0. The molecule has 1 aliphatic heterocycles. The molecular weight excluding hydrogens is 329 g/mol. The Balaban J connectivity index is 0.00000264.